The van der Waals surface area contributed by atoms with Crippen LogP contribution >= 0.6 is 0 Å². The van der Waals surface area contributed by atoms with Gasteiger partial charge in [-0.05, 0) is 37.5 Å². The predicted molar refractivity (Wildman–Crippen MR) is 71.2 cm³/mol. The second kappa shape index (κ2) is 5.30. The molecule has 0 radical (unpaired) electrons. The minimum absolute atomic E-state index is 0.496. The van der Waals surface area contributed by atoms with Gasteiger partial charge in [-0.1, -0.05) is 17.3 Å². The van der Waals surface area contributed by atoms with Crippen LogP contribution in [-0.2, 0) is 6.54 Å². The third kappa shape index (κ3) is 3.05. The highest BCUT2D eigenvalue weighted by Crippen LogP contribution is 2.38. The van der Waals surface area contributed by atoms with Crippen molar-refractivity contribution in [1.29, 1.82) is 0 Å². The van der Waals surface area contributed by atoms with E-state index in [1.165, 1.54) is 12.8 Å². The van der Waals surface area contributed by atoms with Gasteiger partial charge in [0.1, 0.15) is 5.75 Å². The molecule has 1 saturated carbocycles. The molecule has 0 atom stereocenters. The minimum Gasteiger partial charge on any atom is -0.494 e. The van der Waals surface area contributed by atoms with E-state index in [1.807, 2.05) is 31.2 Å². The van der Waals surface area contributed by atoms with E-state index in [0.717, 1.165) is 17.1 Å². The van der Waals surface area contributed by atoms with Crippen LogP contribution in [0.5, 0.6) is 5.75 Å². The van der Waals surface area contributed by atoms with E-state index in [-0.39, 0.29) is 0 Å². The third-order valence-electron chi connectivity index (χ3n) is 3.06. The summed E-state index contributed by atoms with van der Waals surface area (Å²) in [5.74, 6) is 2.24. The topological polar surface area (TPSA) is 60.2 Å². The molecule has 3 rings (SSSR count). The molecule has 100 valence electrons. The molecule has 0 saturated heterocycles. The number of hydrogen-bond donors (Lipinski definition) is 1. The molecule has 19 heavy (non-hydrogen) atoms. The average Bonchev–Trinajstić information content (AvgIpc) is 3.18. The van der Waals surface area contributed by atoms with Crippen LogP contribution in [0.25, 0.3) is 0 Å². The van der Waals surface area contributed by atoms with E-state index in [9.17, 15) is 0 Å². The first-order valence-electron chi connectivity index (χ1n) is 6.64. The molecule has 2 aromatic rings. The Morgan fingerprint density at radius 1 is 1.32 bits per heavy atom. The molecule has 0 aliphatic heterocycles. The van der Waals surface area contributed by atoms with Gasteiger partial charge >= 0.3 is 6.01 Å². The maximum atomic E-state index is 5.40. The summed E-state index contributed by atoms with van der Waals surface area (Å²) in [7, 11) is 0. The van der Waals surface area contributed by atoms with Crippen LogP contribution in [0.4, 0.5) is 6.01 Å². The van der Waals surface area contributed by atoms with Gasteiger partial charge in [0, 0.05) is 12.5 Å². The van der Waals surface area contributed by atoms with E-state index in [1.54, 1.807) is 0 Å². The monoisotopic (exact) mass is 259 g/mol. The molecule has 1 N–H and O–H groups in total. The molecule has 1 aliphatic carbocycles. The van der Waals surface area contributed by atoms with Crippen LogP contribution in [0.1, 0.15) is 37.1 Å². The van der Waals surface area contributed by atoms with Crippen molar-refractivity contribution in [2.24, 2.45) is 0 Å². The Morgan fingerprint density at radius 3 is 2.79 bits per heavy atom. The number of anilines is 1. The fraction of sp³-hybridized carbons (Fsp3) is 0.429. The van der Waals surface area contributed by atoms with Crippen LogP contribution in [0, 0.1) is 0 Å². The molecule has 0 unspecified atom stereocenters. The number of rotatable bonds is 6. The molecule has 0 amide bonds. The highest BCUT2D eigenvalue weighted by Gasteiger charge is 2.28. The lowest BCUT2D eigenvalue weighted by atomic mass is 10.2. The van der Waals surface area contributed by atoms with E-state index >= 15 is 0 Å². The van der Waals surface area contributed by atoms with Gasteiger partial charge in [-0.3, -0.25) is 0 Å². The van der Waals surface area contributed by atoms with Crippen molar-refractivity contribution in [3.05, 3.63) is 35.7 Å². The minimum atomic E-state index is 0.496. The van der Waals surface area contributed by atoms with Gasteiger partial charge < -0.3 is 14.6 Å². The number of ether oxygens (including phenoxy) is 1. The van der Waals surface area contributed by atoms with Gasteiger partial charge in [0.25, 0.3) is 0 Å². The van der Waals surface area contributed by atoms with Crippen molar-refractivity contribution in [1.82, 2.24) is 10.1 Å². The van der Waals surface area contributed by atoms with E-state index in [2.05, 4.69) is 15.5 Å². The summed E-state index contributed by atoms with van der Waals surface area (Å²) >= 11 is 0. The van der Waals surface area contributed by atoms with Crippen molar-refractivity contribution in [2.75, 3.05) is 11.9 Å². The SMILES string of the molecule is CCOc1ccc(CNc2nc(C3CC3)no2)cc1. The Morgan fingerprint density at radius 2 is 2.11 bits per heavy atom. The van der Waals surface area contributed by atoms with Crippen LogP contribution < -0.4 is 10.1 Å². The van der Waals surface area contributed by atoms with Crippen molar-refractivity contribution in [3.63, 3.8) is 0 Å². The van der Waals surface area contributed by atoms with Gasteiger partial charge in [0.15, 0.2) is 5.82 Å². The number of nitrogens with zero attached hydrogens (tertiary/aromatic N) is 2. The van der Waals surface area contributed by atoms with Crippen LogP contribution in [-0.4, -0.2) is 16.7 Å². The summed E-state index contributed by atoms with van der Waals surface area (Å²) in [5, 5.41) is 7.09. The lowest BCUT2D eigenvalue weighted by Crippen LogP contribution is -2.00. The van der Waals surface area contributed by atoms with Gasteiger partial charge in [0.2, 0.25) is 0 Å². The Balaban J connectivity index is 1.55. The molecule has 1 aromatic carbocycles. The lowest BCUT2D eigenvalue weighted by Gasteiger charge is -2.04. The Kier molecular flexibility index (Phi) is 3.35. The third-order valence-corrected chi connectivity index (χ3v) is 3.06. The van der Waals surface area contributed by atoms with Crippen LogP contribution in [0.3, 0.4) is 0 Å². The first-order chi connectivity index (χ1) is 9.35. The summed E-state index contributed by atoms with van der Waals surface area (Å²) < 4.78 is 10.6. The maximum absolute atomic E-state index is 5.40. The summed E-state index contributed by atoms with van der Waals surface area (Å²) in [6, 6.07) is 8.47. The van der Waals surface area contributed by atoms with E-state index < -0.39 is 0 Å². The number of hydrogen-bond acceptors (Lipinski definition) is 5. The van der Waals surface area contributed by atoms with Crippen molar-refractivity contribution in [2.45, 2.75) is 32.2 Å². The normalized spacial score (nSPS) is 14.4. The highest BCUT2D eigenvalue weighted by atomic mass is 16.5. The first kappa shape index (κ1) is 12.0. The van der Waals surface area contributed by atoms with Gasteiger partial charge in [0.05, 0.1) is 6.61 Å². The maximum Gasteiger partial charge on any atom is 0.321 e. The Bertz CT molecular complexity index is 532. The van der Waals surface area contributed by atoms with E-state index in [4.69, 9.17) is 9.26 Å². The van der Waals surface area contributed by atoms with Crippen molar-refractivity contribution >= 4 is 6.01 Å². The summed E-state index contributed by atoms with van der Waals surface area (Å²) in [6.07, 6.45) is 2.36. The standard InChI is InChI=1S/C14H17N3O2/c1-2-18-12-7-3-10(4-8-12)9-15-14-16-13(17-19-14)11-5-6-11/h3-4,7-8,11H,2,5-6,9H2,1H3,(H,15,16,17). The quantitative estimate of drug-likeness (QED) is 0.864. The Hall–Kier alpha value is -2.04. The van der Waals surface area contributed by atoms with E-state index in [0.29, 0.717) is 25.1 Å². The zero-order valence-electron chi connectivity index (χ0n) is 10.9. The summed E-state index contributed by atoms with van der Waals surface area (Å²) in [4.78, 5) is 4.32. The Labute approximate surface area is 112 Å². The lowest BCUT2D eigenvalue weighted by molar-refractivity contribution is 0.340. The number of aromatic nitrogens is 2. The zero-order chi connectivity index (χ0) is 13.1. The van der Waals surface area contributed by atoms with Crippen LogP contribution in [0.15, 0.2) is 28.8 Å². The molecule has 5 nitrogen and oxygen atoms in total. The second-order valence-corrected chi connectivity index (χ2v) is 4.66. The fourth-order valence-corrected chi connectivity index (χ4v) is 1.86. The molecular weight excluding hydrogens is 242 g/mol. The zero-order valence-corrected chi connectivity index (χ0v) is 10.9. The molecule has 0 bridgehead atoms. The molecular formula is C14H17N3O2. The summed E-state index contributed by atoms with van der Waals surface area (Å²) in [6.45, 7) is 3.32. The molecule has 0 spiro atoms. The predicted octanol–water partition coefficient (Wildman–Crippen LogP) is 2.96. The number of nitrogens with one attached hydrogen (secondary N) is 1. The molecule has 1 fully saturated rings. The number of benzene rings is 1. The van der Waals surface area contributed by atoms with Gasteiger partial charge in [-0.15, -0.1) is 0 Å². The fourth-order valence-electron chi connectivity index (χ4n) is 1.86. The highest BCUT2D eigenvalue weighted by molar-refractivity contribution is 5.30. The van der Waals surface area contributed by atoms with Gasteiger partial charge in [-0.25, -0.2) is 0 Å². The molecule has 1 heterocycles. The van der Waals surface area contributed by atoms with Crippen LogP contribution in [0.2, 0.25) is 0 Å². The first-order valence-corrected chi connectivity index (χ1v) is 6.64. The average molecular weight is 259 g/mol. The van der Waals surface area contributed by atoms with Gasteiger partial charge in [-0.2, -0.15) is 4.98 Å². The second-order valence-electron chi connectivity index (χ2n) is 4.66. The van der Waals surface area contributed by atoms with Crippen molar-refractivity contribution in [3.8, 4) is 5.75 Å². The smallest absolute Gasteiger partial charge is 0.321 e. The van der Waals surface area contributed by atoms with Crippen molar-refractivity contribution < 1.29 is 9.26 Å². The molecule has 1 aliphatic rings. The largest absolute Gasteiger partial charge is 0.494 e. The summed E-state index contributed by atoms with van der Waals surface area (Å²) in [5.41, 5.74) is 1.15. The molecule has 1 aromatic heterocycles. The molecule has 5 heteroatoms.